The van der Waals surface area contributed by atoms with Gasteiger partial charge in [-0.25, -0.2) is 13.2 Å². The molecule has 0 saturated carbocycles. The van der Waals surface area contributed by atoms with E-state index in [1.54, 1.807) is 30.3 Å². The van der Waals surface area contributed by atoms with E-state index in [0.717, 1.165) is 0 Å². The summed E-state index contributed by atoms with van der Waals surface area (Å²) < 4.78 is 41.4. The summed E-state index contributed by atoms with van der Waals surface area (Å²) in [6, 6.07) is 9.40. The largest absolute Gasteiger partial charge is 0.305 e. The van der Waals surface area contributed by atoms with E-state index in [2.05, 4.69) is 0 Å². The Morgan fingerprint density at radius 1 is 0.913 bits per heavy atom. The van der Waals surface area contributed by atoms with Gasteiger partial charge in [0.15, 0.2) is 0 Å². The molecule has 0 aromatic heterocycles. The Morgan fingerprint density at radius 3 is 1.87 bits per heavy atom. The van der Waals surface area contributed by atoms with Crippen LogP contribution in [0.3, 0.4) is 0 Å². The molecule has 0 heterocycles. The highest BCUT2D eigenvalue weighted by molar-refractivity contribution is 6.77. The van der Waals surface area contributed by atoms with E-state index in [1.165, 1.54) is 6.92 Å². The maximum Gasteiger partial charge on any atom is 0.137 e. The van der Waals surface area contributed by atoms with Gasteiger partial charge in [0.25, 0.3) is 0 Å². The third-order valence-corrected chi connectivity index (χ3v) is 3.35. The third-order valence-electron chi connectivity index (χ3n) is 3.16. The fourth-order valence-electron chi connectivity index (χ4n) is 2.28. The van der Waals surface area contributed by atoms with Crippen molar-refractivity contribution in [3.8, 4) is 0 Å². The van der Waals surface area contributed by atoms with E-state index in [9.17, 15) is 13.2 Å². The zero-order chi connectivity index (χ0) is 17.1. The molecule has 0 amide bonds. The monoisotopic (exact) mass is 336 g/mol. The summed E-state index contributed by atoms with van der Waals surface area (Å²) >= 11 is 5.75. The topological polar surface area (TPSA) is 47.7 Å². The van der Waals surface area contributed by atoms with Crippen LogP contribution in [0.15, 0.2) is 42.5 Å². The molecule has 0 unspecified atom stereocenters. The summed E-state index contributed by atoms with van der Waals surface area (Å²) in [6.07, 6.45) is 0. The van der Waals surface area contributed by atoms with E-state index in [4.69, 9.17) is 22.4 Å². The van der Waals surface area contributed by atoms with Crippen LogP contribution in [0.5, 0.6) is 0 Å². The first-order valence-electron chi connectivity index (χ1n) is 6.57. The van der Waals surface area contributed by atoms with Crippen molar-refractivity contribution in [1.29, 1.82) is 10.8 Å². The lowest BCUT2D eigenvalue weighted by Crippen LogP contribution is -2.08. The van der Waals surface area contributed by atoms with Gasteiger partial charge in [0, 0.05) is 29.0 Å². The molecule has 23 heavy (non-hydrogen) atoms. The second kappa shape index (κ2) is 6.79. The standard InChI is InChI=1S/C17H12ClF3N2/c1-9(22)14(10-5-3-2-4-6-10)16(17(18)23)15-12(20)7-11(19)8-13(15)21/h2-8,22-23H,1H3/b16-14+,22-9?,23-17?. The summed E-state index contributed by atoms with van der Waals surface area (Å²) in [6.45, 7) is 1.42. The van der Waals surface area contributed by atoms with E-state index in [0.29, 0.717) is 17.7 Å². The van der Waals surface area contributed by atoms with Gasteiger partial charge in [0.05, 0.1) is 5.56 Å². The van der Waals surface area contributed by atoms with Crippen LogP contribution in [-0.4, -0.2) is 10.9 Å². The summed E-state index contributed by atoms with van der Waals surface area (Å²) in [5.41, 5.74) is -0.365. The van der Waals surface area contributed by atoms with Crippen LogP contribution in [0.25, 0.3) is 11.1 Å². The van der Waals surface area contributed by atoms with Crippen molar-refractivity contribution < 1.29 is 13.2 Å². The Hall–Kier alpha value is -2.40. The average Bonchev–Trinajstić information content (AvgIpc) is 2.45. The molecular formula is C17H12ClF3N2. The van der Waals surface area contributed by atoms with E-state index >= 15 is 0 Å². The normalized spacial score (nSPS) is 11.9. The minimum absolute atomic E-state index is 0.0280. The van der Waals surface area contributed by atoms with Gasteiger partial charge in [-0.3, -0.25) is 5.41 Å². The Morgan fingerprint density at radius 2 is 1.43 bits per heavy atom. The SMILES string of the molecule is CC(=N)/C(=C(\C(=N)Cl)c1c(F)cc(F)cc1F)c1ccccc1. The van der Waals surface area contributed by atoms with Crippen LogP contribution in [0.2, 0.25) is 0 Å². The lowest BCUT2D eigenvalue weighted by molar-refractivity contribution is 0.539. The van der Waals surface area contributed by atoms with Crippen molar-refractivity contribution >= 4 is 33.6 Å². The molecule has 2 aromatic rings. The Bertz CT molecular complexity index is 791. The first kappa shape index (κ1) is 17.0. The molecule has 2 nitrogen and oxygen atoms in total. The maximum atomic E-state index is 14.1. The van der Waals surface area contributed by atoms with Crippen molar-refractivity contribution in [3.05, 3.63) is 71.0 Å². The van der Waals surface area contributed by atoms with Gasteiger partial charge in [0.1, 0.15) is 22.6 Å². The molecular weight excluding hydrogens is 325 g/mol. The van der Waals surface area contributed by atoms with Gasteiger partial charge in [-0.1, -0.05) is 41.9 Å². The molecule has 0 aliphatic rings. The number of benzene rings is 2. The number of nitrogens with one attached hydrogen (secondary N) is 2. The molecule has 0 bridgehead atoms. The predicted molar refractivity (Wildman–Crippen MR) is 86.6 cm³/mol. The van der Waals surface area contributed by atoms with Crippen molar-refractivity contribution in [2.75, 3.05) is 0 Å². The van der Waals surface area contributed by atoms with Crippen molar-refractivity contribution in [1.82, 2.24) is 0 Å². The van der Waals surface area contributed by atoms with Crippen LogP contribution < -0.4 is 0 Å². The number of rotatable bonds is 4. The molecule has 2 N–H and O–H groups in total. The molecule has 2 aromatic carbocycles. The summed E-state index contributed by atoms with van der Waals surface area (Å²) in [4.78, 5) is 0. The van der Waals surface area contributed by atoms with E-state index in [1.807, 2.05) is 0 Å². The number of hydrogen-bond acceptors (Lipinski definition) is 2. The second-order valence-electron chi connectivity index (χ2n) is 4.80. The number of allylic oxidation sites excluding steroid dienone is 2. The molecule has 118 valence electrons. The van der Waals surface area contributed by atoms with Gasteiger partial charge in [-0.2, -0.15) is 0 Å². The lowest BCUT2D eigenvalue weighted by atomic mass is 9.91. The van der Waals surface area contributed by atoms with Crippen LogP contribution in [0.4, 0.5) is 13.2 Å². The Kier molecular flexibility index (Phi) is 5.01. The van der Waals surface area contributed by atoms with Crippen LogP contribution in [-0.2, 0) is 0 Å². The van der Waals surface area contributed by atoms with Crippen molar-refractivity contribution in [3.63, 3.8) is 0 Å². The molecule has 0 radical (unpaired) electrons. The second-order valence-corrected chi connectivity index (χ2v) is 5.18. The molecule has 0 aliphatic carbocycles. The lowest BCUT2D eigenvalue weighted by Gasteiger charge is -2.15. The van der Waals surface area contributed by atoms with Crippen molar-refractivity contribution in [2.45, 2.75) is 6.92 Å². The fraction of sp³-hybridized carbons (Fsp3) is 0.0588. The van der Waals surface area contributed by atoms with Gasteiger partial charge in [-0.05, 0) is 12.5 Å². The highest BCUT2D eigenvalue weighted by Crippen LogP contribution is 2.33. The van der Waals surface area contributed by atoms with Gasteiger partial charge in [-0.15, -0.1) is 0 Å². The Balaban J connectivity index is 2.89. The zero-order valence-corrected chi connectivity index (χ0v) is 12.8. The Labute approximate surface area is 136 Å². The highest BCUT2D eigenvalue weighted by Gasteiger charge is 2.23. The predicted octanol–water partition coefficient (Wildman–Crippen LogP) is 5.27. The average molecular weight is 337 g/mol. The first-order chi connectivity index (χ1) is 10.8. The van der Waals surface area contributed by atoms with Crippen LogP contribution in [0, 0.1) is 28.3 Å². The summed E-state index contributed by atoms with van der Waals surface area (Å²) in [5.74, 6) is -3.44. The maximum absolute atomic E-state index is 14.1. The molecule has 0 spiro atoms. The first-order valence-corrected chi connectivity index (χ1v) is 6.95. The van der Waals surface area contributed by atoms with Gasteiger partial charge < -0.3 is 5.41 Å². The molecule has 0 atom stereocenters. The molecule has 2 rings (SSSR count). The summed E-state index contributed by atoms with van der Waals surface area (Å²) in [7, 11) is 0. The molecule has 6 heteroatoms. The van der Waals surface area contributed by atoms with E-state index in [-0.39, 0.29) is 16.9 Å². The highest BCUT2D eigenvalue weighted by atomic mass is 35.5. The van der Waals surface area contributed by atoms with Gasteiger partial charge in [0.2, 0.25) is 0 Å². The van der Waals surface area contributed by atoms with Crippen LogP contribution >= 0.6 is 11.6 Å². The molecule has 0 fully saturated rings. The van der Waals surface area contributed by atoms with Crippen LogP contribution in [0.1, 0.15) is 18.1 Å². The smallest absolute Gasteiger partial charge is 0.137 e. The minimum Gasteiger partial charge on any atom is -0.305 e. The third kappa shape index (κ3) is 3.51. The number of halogens is 4. The van der Waals surface area contributed by atoms with Crippen molar-refractivity contribution in [2.24, 2.45) is 0 Å². The quantitative estimate of drug-likeness (QED) is 0.564. The molecule has 0 aliphatic heterocycles. The fourth-order valence-corrected chi connectivity index (χ4v) is 2.47. The zero-order valence-electron chi connectivity index (χ0n) is 12.1. The molecule has 0 saturated heterocycles. The minimum atomic E-state index is -1.18. The van der Waals surface area contributed by atoms with Gasteiger partial charge >= 0.3 is 0 Å². The summed E-state index contributed by atoms with van der Waals surface area (Å²) in [5, 5.41) is 15.0. The van der Waals surface area contributed by atoms with E-state index < -0.39 is 28.2 Å². The number of hydrogen-bond donors (Lipinski definition) is 2.